The highest BCUT2D eigenvalue weighted by atomic mass is 32.1. The molecule has 2 atom stereocenters. The second-order valence-corrected chi connectivity index (χ2v) is 7.85. The van der Waals surface area contributed by atoms with Gasteiger partial charge in [-0.15, -0.1) is 21.5 Å². The van der Waals surface area contributed by atoms with E-state index in [4.69, 9.17) is 0 Å². The minimum absolute atomic E-state index is 0.0106. The van der Waals surface area contributed by atoms with Crippen LogP contribution in [0.25, 0.3) is 0 Å². The molecule has 1 N–H and O–H groups in total. The van der Waals surface area contributed by atoms with Crippen molar-refractivity contribution in [1.29, 1.82) is 0 Å². The number of hydrogen-bond donors (Lipinski definition) is 1. The second-order valence-electron chi connectivity index (χ2n) is 6.81. The lowest BCUT2D eigenvalue weighted by atomic mass is 10.1. The summed E-state index contributed by atoms with van der Waals surface area (Å²) in [5, 5.41) is 21.0. The number of fused-ring (bicyclic) bond motifs is 1. The van der Waals surface area contributed by atoms with Crippen LogP contribution < -0.4 is 4.90 Å². The first-order chi connectivity index (χ1) is 12.7. The third kappa shape index (κ3) is 2.93. The van der Waals surface area contributed by atoms with Crippen LogP contribution >= 0.6 is 11.3 Å². The van der Waals surface area contributed by atoms with Crippen LogP contribution in [-0.4, -0.2) is 26.5 Å². The lowest BCUT2D eigenvalue weighted by Crippen LogP contribution is -2.24. The molecule has 0 fully saturated rings. The van der Waals surface area contributed by atoms with Gasteiger partial charge in [-0.25, -0.2) is 0 Å². The molecule has 0 saturated carbocycles. The molecule has 0 amide bonds. The van der Waals surface area contributed by atoms with Gasteiger partial charge >= 0.3 is 0 Å². The van der Waals surface area contributed by atoms with Gasteiger partial charge in [0.1, 0.15) is 5.82 Å². The van der Waals surface area contributed by atoms with E-state index in [0.717, 1.165) is 31.3 Å². The number of aliphatic hydroxyl groups excluding tert-OH is 1. The summed E-state index contributed by atoms with van der Waals surface area (Å²) in [6.45, 7) is 5.98. The van der Waals surface area contributed by atoms with E-state index >= 15 is 0 Å². The molecular formula is C20H24N4OS. The Bertz CT molecular complexity index is 870. The summed E-state index contributed by atoms with van der Waals surface area (Å²) in [5.41, 5.74) is 2.70. The van der Waals surface area contributed by atoms with Gasteiger partial charge in [0, 0.05) is 17.3 Å². The predicted octanol–water partition coefficient (Wildman–Crippen LogP) is 3.96. The van der Waals surface area contributed by atoms with E-state index in [1.165, 1.54) is 16.0 Å². The molecule has 2 aromatic heterocycles. The molecule has 0 saturated heterocycles. The zero-order valence-corrected chi connectivity index (χ0v) is 16.0. The van der Waals surface area contributed by atoms with Gasteiger partial charge < -0.3 is 10.0 Å². The second kappa shape index (κ2) is 7.21. The lowest BCUT2D eigenvalue weighted by Gasteiger charge is -2.24. The summed E-state index contributed by atoms with van der Waals surface area (Å²) >= 11 is 1.74. The van der Waals surface area contributed by atoms with E-state index < -0.39 is 0 Å². The molecule has 0 bridgehead atoms. The van der Waals surface area contributed by atoms with E-state index in [2.05, 4.69) is 75.3 Å². The zero-order valence-electron chi connectivity index (χ0n) is 15.2. The van der Waals surface area contributed by atoms with E-state index in [1.54, 1.807) is 11.3 Å². The normalized spacial score (nSPS) is 17.5. The van der Waals surface area contributed by atoms with Gasteiger partial charge in [0.15, 0.2) is 0 Å². The molecule has 136 valence electrons. The predicted molar refractivity (Wildman–Crippen MR) is 105 cm³/mol. The first kappa shape index (κ1) is 17.2. The quantitative estimate of drug-likeness (QED) is 0.716. The van der Waals surface area contributed by atoms with Crippen molar-refractivity contribution in [1.82, 2.24) is 14.8 Å². The Kier molecular flexibility index (Phi) is 4.78. The summed E-state index contributed by atoms with van der Waals surface area (Å²) in [4.78, 5) is 3.59. The molecule has 3 aromatic rings. The number of nitrogens with zero attached hydrogens (tertiary/aromatic N) is 4. The molecule has 1 aliphatic rings. The third-order valence-electron chi connectivity index (χ3n) is 5.30. The fraction of sp³-hybridized carbons (Fsp3) is 0.400. The van der Waals surface area contributed by atoms with Gasteiger partial charge in [0.25, 0.3) is 0 Å². The van der Waals surface area contributed by atoms with Crippen LogP contribution in [-0.2, 0) is 13.1 Å². The molecule has 6 heteroatoms. The highest BCUT2D eigenvalue weighted by Crippen LogP contribution is 2.37. The van der Waals surface area contributed by atoms with Crippen LogP contribution in [0.1, 0.15) is 54.1 Å². The van der Waals surface area contributed by atoms with Crippen molar-refractivity contribution in [3.63, 3.8) is 0 Å². The van der Waals surface area contributed by atoms with Crippen molar-refractivity contribution in [3.8, 4) is 0 Å². The van der Waals surface area contributed by atoms with Gasteiger partial charge in [0.2, 0.25) is 5.95 Å². The number of hydrogen-bond acceptors (Lipinski definition) is 5. The maximum Gasteiger partial charge on any atom is 0.228 e. The van der Waals surface area contributed by atoms with Gasteiger partial charge in [-0.3, -0.25) is 4.57 Å². The van der Waals surface area contributed by atoms with Crippen LogP contribution in [0.2, 0.25) is 0 Å². The molecule has 0 spiro atoms. The van der Waals surface area contributed by atoms with Crippen LogP contribution in [0.3, 0.4) is 0 Å². The summed E-state index contributed by atoms with van der Waals surface area (Å²) in [6.07, 6.45) is 0.842. The van der Waals surface area contributed by atoms with Gasteiger partial charge in [-0.05, 0) is 35.9 Å². The Morgan fingerprint density at radius 1 is 1.23 bits per heavy atom. The van der Waals surface area contributed by atoms with E-state index in [1.807, 2.05) is 0 Å². The first-order valence-electron chi connectivity index (χ1n) is 9.13. The SMILES string of the molecule is CCC(CO)c1nnc(N2Cc3ccccc3[C@H]2C)n1Cc1cccs1. The molecule has 1 aromatic carbocycles. The van der Waals surface area contributed by atoms with E-state index in [-0.39, 0.29) is 18.6 Å². The van der Waals surface area contributed by atoms with Crippen LogP contribution in [0.5, 0.6) is 0 Å². The van der Waals surface area contributed by atoms with Crippen LogP contribution in [0, 0.1) is 0 Å². The van der Waals surface area contributed by atoms with Gasteiger partial charge in [-0.1, -0.05) is 37.3 Å². The number of aliphatic hydroxyl groups is 1. The van der Waals surface area contributed by atoms with Crippen molar-refractivity contribution in [2.75, 3.05) is 11.5 Å². The Morgan fingerprint density at radius 2 is 2.08 bits per heavy atom. The zero-order chi connectivity index (χ0) is 18.1. The smallest absolute Gasteiger partial charge is 0.228 e. The maximum absolute atomic E-state index is 9.81. The number of anilines is 1. The minimum atomic E-state index is 0.0106. The fourth-order valence-corrected chi connectivity index (χ4v) is 4.44. The molecule has 5 nitrogen and oxygen atoms in total. The van der Waals surface area contributed by atoms with Crippen molar-refractivity contribution in [2.24, 2.45) is 0 Å². The number of rotatable bonds is 6. The van der Waals surface area contributed by atoms with Gasteiger partial charge in [0.05, 0.1) is 19.2 Å². The average molecular weight is 369 g/mol. The summed E-state index contributed by atoms with van der Waals surface area (Å²) in [6, 6.07) is 13.1. The number of aromatic nitrogens is 3. The lowest BCUT2D eigenvalue weighted by molar-refractivity contribution is 0.255. The highest BCUT2D eigenvalue weighted by molar-refractivity contribution is 7.09. The highest BCUT2D eigenvalue weighted by Gasteiger charge is 2.31. The first-order valence-corrected chi connectivity index (χ1v) is 10.0. The number of thiophene rings is 1. The van der Waals surface area contributed by atoms with Crippen molar-refractivity contribution in [3.05, 3.63) is 63.6 Å². The average Bonchev–Trinajstić information content (AvgIpc) is 3.38. The van der Waals surface area contributed by atoms with E-state index in [9.17, 15) is 5.11 Å². The van der Waals surface area contributed by atoms with Crippen molar-refractivity contribution in [2.45, 2.75) is 45.3 Å². The number of benzene rings is 1. The molecule has 4 rings (SSSR count). The molecule has 0 aliphatic carbocycles. The Hall–Kier alpha value is -2.18. The largest absolute Gasteiger partial charge is 0.396 e. The fourth-order valence-electron chi connectivity index (χ4n) is 3.74. The molecule has 0 radical (unpaired) electrons. The van der Waals surface area contributed by atoms with Gasteiger partial charge in [-0.2, -0.15) is 0 Å². The maximum atomic E-state index is 9.81. The topological polar surface area (TPSA) is 54.2 Å². The molecule has 1 unspecified atom stereocenters. The Balaban J connectivity index is 1.74. The summed E-state index contributed by atoms with van der Waals surface area (Å²) in [5.74, 6) is 1.78. The molecular weight excluding hydrogens is 344 g/mol. The van der Waals surface area contributed by atoms with E-state index in [0.29, 0.717) is 0 Å². The Morgan fingerprint density at radius 3 is 2.77 bits per heavy atom. The standard InChI is InChI=1S/C20H24N4OS/c1-3-15(13-25)19-21-22-20(24(19)12-17-8-6-10-26-17)23-11-16-7-4-5-9-18(16)14(23)2/h4-10,14-15,25H,3,11-13H2,1-2H3/t14-,15?/m1/s1. The Labute approximate surface area is 157 Å². The van der Waals surface area contributed by atoms with Crippen molar-refractivity contribution < 1.29 is 5.11 Å². The molecule has 26 heavy (non-hydrogen) atoms. The monoisotopic (exact) mass is 368 g/mol. The summed E-state index contributed by atoms with van der Waals surface area (Å²) in [7, 11) is 0. The van der Waals surface area contributed by atoms with Crippen LogP contribution in [0.4, 0.5) is 5.95 Å². The summed E-state index contributed by atoms with van der Waals surface area (Å²) < 4.78 is 2.19. The molecule has 3 heterocycles. The minimum Gasteiger partial charge on any atom is -0.396 e. The third-order valence-corrected chi connectivity index (χ3v) is 6.16. The van der Waals surface area contributed by atoms with Crippen LogP contribution in [0.15, 0.2) is 41.8 Å². The molecule has 1 aliphatic heterocycles. The van der Waals surface area contributed by atoms with Crippen molar-refractivity contribution >= 4 is 17.3 Å².